The molecule has 0 saturated heterocycles. The highest BCUT2D eigenvalue weighted by Crippen LogP contribution is 2.31. The molecular weight excluding hydrogens is 166 g/mol. The zero-order valence-corrected chi connectivity index (χ0v) is 7.40. The molecule has 0 atom stereocenters. The van der Waals surface area contributed by atoms with Crippen LogP contribution in [0.25, 0.3) is 0 Å². The molecule has 1 aliphatic carbocycles. The Morgan fingerprint density at radius 2 is 2.08 bits per heavy atom. The van der Waals surface area contributed by atoms with Crippen LogP contribution in [0.4, 0.5) is 5.95 Å². The molecule has 0 unspecified atom stereocenters. The van der Waals surface area contributed by atoms with Gasteiger partial charge in [0.15, 0.2) is 0 Å². The van der Waals surface area contributed by atoms with Gasteiger partial charge in [0.05, 0.1) is 5.60 Å². The minimum atomic E-state index is -0.515. The zero-order chi connectivity index (χ0) is 9.15. The summed E-state index contributed by atoms with van der Waals surface area (Å²) in [5, 5.41) is 12.8. The predicted octanol–water partition coefficient (Wildman–Crippen LogP) is 0.804. The fraction of sp³-hybridized carbons (Fsp3) is 0.556. The second-order valence-electron chi connectivity index (χ2n) is 3.50. The SMILES string of the molecule is OC1(CNc2ncccn2)CCC1. The lowest BCUT2D eigenvalue weighted by molar-refractivity contribution is -0.0203. The van der Waals surface area contributed by atoms with E-state index in [9.17, 15) is 5.11 Å². The summed E-state index contributed by atoms with van der Waals surface area (Å²) in [5.41, 5.74) is -0.515. The molecule has 2 N–H and O–H groups in total. The van der Waals surface area contributed by atoms with Gasteiger partial charge in [-0.2, -0.15) is 0 Å². The van der Waals surface area contributed by atoms with Crippen LogP contribution in [0.15, 0.2) is 18.5 Å². The molecule has 0 radical (unpaired) electrons. The van der Waals surface area contributed by atoms with E-state index in [1.54, 1.807) is 18.5 Å². The van der Waals surface area contributed by atoms with Crippen molar-refractivity contribution >= 4 is 5.95 Å². The third-order valence-electron chi connectivity index (χ3n) is 2.43. The average Bonchev–Trinajstić information content (AvgIpc) is 2.13. The summed E-state index contributed by atoms with van der Waals surface area (Å²) >= 11 is 0. The molecule has 4 nitrogen and oxygen atoms in total. The maximum atomic E-state index is 9.75. The van der Waals surface area contributed by atoms with Crippen LogP contribution >= 0.6 is 0 Å². The van der Waals surface area contributed by atoms with Crippen molar-refractivity contribution < 1.29 is 5.11 Å². The summed E-state index contributed by atoms with van der Waals surface area (Å²) in [6.07, 6.45) is 6.24. The van der Waals surface area contributed by atoms with Crippen molar-refractivity contribution in [3.63, 3.8) is 0 Å². The van der Waals surface area contributed by atoms with Crippen LogP contribution in [0.1, 0.15) is 19.3 Å². The van der Waals surface area contributed by atoms with Crippen LogP contribution in [0.5, 0.6) is 0 Å². The summed E-state index contributed by atoms with van der Waals surface area (Å²) in [6, 6.07) is 1.77. The van der Waals surface area contributed by atoms with Crippen molar-refractivity contribution in [2.75, 3.05) is 11.9 Å². The number of rotatable bonds is 3. The first-order valence-corrected chi connectivity index (χ1v) is 4.52. The lowest BCUT2D eigenvalue weighted by Crippen LogP contribution is -2.43. The lowest BCUT2D eigenvalue weighted by atomic mass is 9.80. The van der Waals surface area contributed by atoms with Crippen molar-refractivity contribution in [3.05, 3.63) is 18.5 Å². The van der Waals surface area contributed by atoms with E-state index in [-0.39, 0.29) is 0 Å². The molecule has 2 rings (SSSR count). The van der Waals surface area contributed by atoms with Gasteiger partial charge in [0.25, 0.3) is 0 Å². The number of nitrogens with zero attached hydrogens (tertiary/aromatic N) is 2. The monoisotopic (exact) mass is 179 g/mol. The molecule has 4 heteroatoms. The van der Waals surface area contributed by atoms with Gasteiger partial charge < -0.3 is 10.4 Å². The van der Waals surface area contributed by atoms with Crippen molar-refractivity contribution in [1.29, 1.82) is 0 Å². The quantitative estimate of drug-likeness (QED) is 0.720. The Balaban J connectivity index is 1.86. The number of nitrogens with one attached hydrogen (secondary N) is 1. The predicted molar refractivity (Wildman–Crippen MR) is 49.3 cm³/mol. The van der Waals surface area contributed by atoms with Crippen LogP contribution in [0.3, 0.4) is 0 Å². The molecule has 0 spiro atoms. The van der Waals surface area contributed by atoms with Gasteiger partial charge in [-0.25, -0.2) is 9.97 Å². The normalized spacial score (nSPS) is 19.2. The fourth-order valence-corrected chi connectivity index (χ4v) is 1.40. The number of anilines is 1. The van der Waals surface area contributed by atoms with Crippen LogP contribution in [0, 0.1) is 0 Å². The lowest BCUT2D eigenvalue weighted by Gasteiger charge is -2.36. The van der Waals surface area contributed by atoms with Crippen LogP contribution in [0.2, 0.25) is 0 Å². The first-order valence-electron chi connectivity index (χ1n) is 4.52. The molecule has 0 bridgehead atoms. The smallest absolute Gasteiger partial charge is 0.222 e. The first-order chi connectivity index (χ1) is 6.29. The van der Waals surface area contributed by atoms with E-state index >= 15 is 0 Å². The Kier molecular flexibility index (Phi) is 2.14. The molecule has 70 valence electrons. The zero-order valence-electron chi connectivity index (χ0n) is 7.40. The van der Waals surface area contributed by atoms with E-state index < -0.39 is 5.60 Å². The summed E-state index contributed by atoms with van der Waals surface area (Å²) in [6.45, 7) is 0.553. The highest BCUT2D eigenvalue weighted by Gasteiger charge is 2.34. The van der Waals surface area contributed by atoms with Gasteiger partial charge in [0.1, 0.15) is 0 Å². The number of hydrogen-bond donors (Lipinski definition) is 2. The van der Waals surface area contributed by atoms with Crippen molar-refractivity contribution in [1.82, 2.24) is 9.97 Å². The molecule has 1 saturated carbocycles. The van der Waals surface area contributed by atoms with Crippen LogP contribution < -0.4 is 5.32 Å². The van der Waals surface area contributed by atoms with E-state index in [0.29, 0.717) is 12.5 Å². The fourth-order valence-electron chi connectivity index (χ4n) is 1.40. The molecule has 0 aliphatic heterocycles. The third kappa shape index (κ3) is 1.95. The third-order valence-corrected chi connectivity index (χ3v) is 2.43. The Labute approximate surface area is 77.0 Å². The van der Waals surface area contributed by atoms with Crippen LogP contribution in [-0.4, -0.2) is 27.2 Å². The maximum absolute atomic E-state index is 9.75. The summed E-state index contributed by atoms with van der Waals surface area (Å²) in [4.78, 5) is 8.01. The van der Waals surface area contributed by atoms with Crippen molar-refractivity contribution in [2.45, 2.75) is 24.9 Å². The minimum absolute atomic E-state index is 0.515. The van der Waals surface area contributed by atoms with Gasteiger partial charge in [-0.15, -0.1) is 0 Å². The second kappa shape index (κ2) is 3.30. The van der Waals surface area contributed by atoms with Crippen molar-refractivity contribution in [3.8, 4) is 0 Å². The van der Waals surface area contributed by atoms with Crippen molar-refractivity contribution in [2.24, 2.45) is 0 Å². The van der Waals surface area contributed by atoms with Crippen LogP contribution in [-0.2, 0) is 0 Å². The minimum Gasteiger partial charge on any atom is -0.388 e. The number of hydrogen-bond acceptors (Lipinski definition) is 4. The van der Waals surface area contributed by atoms with Gasteiger partial charge in [-0.1, -0.05) is 0 Å². The molecule has 0 amide bonds. The molecule has 1 heterocycles. The molecule has 1 aliphatic rings. The van der Waals surface area contributed by atoms with Gasteiger partial charge in [-0.3, -0.25) is 0 Å². The Hall–Kier alpha value is -1.16. The standard InChI is InChI=1S/C9H13N3O/c13-9(3-1-4-9)7-12-8-10-5-2-6-11-8/h2,5-6,13H,1,3-4,7H2,(H,10,11,12). The van der Waals surface area contributed by atoms with Gasteiger partial charge >= 0.3 is 0 Å². The molecule has 1 aromatic rings. The van der Waals surface area contributed by atoms with Gasteiger partial charge in [0, 0.05) is 18.9 Å². The van der Waals surface area contributed by atoms with E-state index in [1.807, 2.05) is 0 Å². The average molecular weight is 179 g/mol. The molecule has 0 aromatic carbocycles. The highest BCUT2D eigenvalue weighted by atomic mass is 16.3. The summed E-state index contributed by atoms with van der Waals surface area (Å²) < 4.78 is 0. The van der Waals surface area contributed by atoms with Gasteiger partial charge in [0.2, 0.25) is 5.95 Å². The number of aliphatic hydroxyl groups is 1. The summed E-state index contributed by atoms with van der Waals surface area (Å²) in [5.74, 6) is 0.586. The van der Waals surface area contributed by atoms with E-state index in [1.165, 1.54) is 0 Å². The first kappa shape index (κ1) is 8.44. The van der Waals surface area contributed by atoms with E-state index in [2.05, 4.69) is 15.3 Å². The number of aromatic nitrogens is 2. The Bertz CT molecular complexity index is 271. The van der Waals surface area contributed by atoms with E-state index in [4.69, 9.17) is 0 Å². The second-order valence-corrected chi connectivity index (χ2v) is 3.50. The van der Waals surface area contributed by atoms with Gasteiger partial charge in [-0.05, 0) is 25.3 Å². The Morgan fingerprint density at radius 3 is 2.62 bits per heavy atom. The largest absolute Gasteiger partial charge is 0.388 e. The highest BCUT2D eigenvalue weighted by molar-refractivity contribution is 5.23. The molecule has 1 fully saturated rings. The molecular formula is C9H13N3O. The molecule has 13 heavy (non-hydrogen) atoms. The molecule has 1 aromatic heterocycles. The summed E-state index contributed by atoms with van der Waals surface area (Å²) in [7, 11) is 0. The Morgan fingerprint density at radius 1 is 1.38 bits per heavy atom. The topological polar surface area (TPSA) is 58.0 Å². The van der Waals surface area contributed by atoms with E-state index in [0.717, 1.165) is 19.3 Å². The maximum Gasteiger partial charge on any atom is 0.222 e.